The van der Waals surface area contributed by atoms with Crippen molar-refractivity contribution in [3.05, 3.63) is 28.3 Å². The maximum Gasteiger partial charge on any atom is 0.313 e. The topological polar surface area (TPSA) is 58.6 Å². The lowest BCUT2D eigenvalue weighted by molar-refractivity contribution is -0.145. The van der Waals surface area contributed by atoms with Gasteiger partial charge in [-0.25, -0.2) is 0 Å². The van der Waals surface area contributed by atoms with Crippen LogP contribution in [0.5, 0.6) is 0 Å². The number of morpholine rings is 1. The summed E-state index contributed by atoms with van der Waals surface area (Å²) in [6.07, 6.45) is 0. The van der Waals surface area contributed by atoms with Gasteiger partial charge in [0, 0.05) is 23.8 Å². The second-order valence-electron chi connectivity index (χ2n) is 4.76. The maximum absolute atomic E-state index is 12.0. The van der Waals surface area contributed by atoms with Crippen LogP contribution in [0.1, 0.15) is 25.0 Å². The SMILES string of the molecule is CC.Cc1cc(NC(=O)C(=O)N2CCOCC2)cc(Cl)c1C. The minimum atomic E-state index is -0.647. The molecular formula is C16H23ClN2O3. The number of carbonyl (C=O) groups is 2. The van der Waals surface area contributed by atoms with Crippen molar-refractivity contribution in [3.63, 3.8) is 0 Å². The van der Waals surface area contributed by atoms with Crippen LogP contribution in [0.25, 0.3) is 0 Å². The number of ether oxygens (including phenoxy) is 1. The lowest BCUT2D eigenvalue weighted by Crippen LogP contribution is -2.45. The van der Waals surface area contributed by atoms with Crippen LogP contribution in [-0.2, 0) is 14.3 Å². The van der Waals surface area contributed by atoms with E-state index in [1.165, 1.54) is 4.90 Å². The Morgan fingerprint density at radius 1 is 1.18 bits per heavy atom. The highest BCUT2D eigenvalue weighted by molar-refractivity contribution is 6.39. The molecule has 1 N–H and O–H groups in total. The monoisotopic (exact) mass is 326 g/mol. The number of nitrogens with zero attached hydrogens (tertiary/aromatic N) is 1. The van der Waals surface area contributed by atoms with Crippen LogP contribution < -0.4 is 5.32 Å². The van der Waals surface area contributed by atoms with Crippen LogP contribution in [0.4, 0.5) is 5.69 Å². The summed E-state index contributed by atoms with van der Waals surface area (Å²) in [7, 11) is 0. The second-order valence-corrected chi connectivity index (χ2v) is 5.17. The third-order valence-electron chi connectivity index (χ3n) is 3.35. The largest absolute Gasteiger partial charge is 0.378 e. The lowest BCUT2D eigenvalue weighted by Gasteiger charge is -2.26. The van der Waals surface area contributed by atoms with E-state index < -0.39 is 11.8 Å². The van der Waals surface area contributed by atoms with Crippen LogP contribution in [0, 0.1) is 13.8 Å². The van der Waals surface area contributed by atoms with Crippen molar-refractivity contribution in [1.29, 1.82) is 0 Å². The van der Waals surface area contributed by atoms with Crippen LogP contribution in [0.2, 0.25) is 5.02 Å². The van der Waals surface area contributed by atoms with Crippen molar-refractivity contribution in [1.82, 2.24) is 4.90 Å². The highest BCUT2D eigenvalue weighted by Gasteiger charge is 2.23. The third-order valence-corrected chi connectivity index (χ3v) is 3.75. The van der Waals surface area contributed by atoms with E-state index in [9.17, 15) is 9.59 Å². The maximum atomic E-state index is 12.0. The Morgan fingerprint density at radius 3 is 2.32 bits per heavy atom. The van der Waals surface area contributed by atoms with Gasteiger partial charge in [0.2, 0.25) is 0 Å². The van der Waals surface area contributed by atoms with Crippen LogP contribution in [0.15, 0.2) is 12.1 Å². The molecule has 22 heavy (non-hydrogen) atoms. The Morgan fingerprint density at radius 2 is 1.77 bits per heavy atom. The zero-order valence-corrected chi connectivity index (χ0v) is 14.3. The van der Waals surface area contributed by atoms with E-state index in [2.05, 4.69) is 5.32 Å². The molecule has 1 aromatic rings. The molecule has 2 amide bonds. The fourth-order valence-electron chi connectivity index (χ4n) is 1.98. The van der Waals surface area contributed by atoms with Crippen LogP contribution in [0.3, 0.4) is 0 Å². The van der Waals surface area contributed by atoms with Gasteiger partial charge in [-0.05, 0) is 37.1 Å². The van der Waals surface area contributed by atoms with Gasteiger partial charge in [0.05, 0.1) is 13.2 Å². The highest BCUT2D eigenvalue weighted by atomic mass is 35.5. The van der Waals surface area contributed by atoms with Gasteiger partial charge in [0.15, 0.2) is 0 Å². The summed E-state index contributed by atoms with van der Waals surface area (Å²) in [5.74, 6) is -1.19. The number of rotatable bonds is 1. The van der Waals surface area contributed by atoms with Gasteiger partial charge in [-0.2, -0.15) is 0 Å². The Bertz CT molecular complexity index is 517. The predicted octanol–water partition coefficient (Wildman–Crippen LogP) is 2.78. The minimum absolute atomic E-state index is 0.444. The quantitative estimate of drug-likeness (QED) is 0.807. The first-order valence-corrected chi connectivity index (χ1v) is 7.81. The predicted molar refractivity (Wildman–Crippen MR) is 88.3 cm³/mol. The number of benzene rings is 1. The summed E-state index contributed by atoms with van der Waals surface area (Å²) >= 11 is 6.07. The molecule has 0 radical (unpaired) electrons. The first kappa shape index (κ1) is 18.5. The second kappa shape index (κ2) is 8.76. The molecule has 0 aliphatic carbocycles. The minimum Gasteiger partial charge on any atom is -0.378 e. The van der Waals surface area contributed by atoms with Gasteiger partial charge in [-0.15, -0.1) is 0 Å². The van der Waals surface area contributed by atoms with E-state index in [4.69, 9.17) is 16.3 Å². The standard InChI is InChI=1S/C14H17ClN2O3.C2H6/c1-9-7-11(8-12(15)10(9)2)16-13(18)14(19)17-3-5-20-6-4-17;1-2/h7-8H,3-6H2,1-2H3,(H,16,18);1-2H3. The Balaban J connectivity index is 0.00000116. The van der Waals surface area contributed by atoms with E-state index in [1.54, 1.807) is 12.1 Å². The normalized spacial score (nSPS) is 14.0. The number of amides is 2. The first-order chi connectivity index (χ1) is 10.5. The molecule has 1 fully saturated rings. The fraction of sp³-hybridized carbons (Fsp3) is 0.500. The number of hydrogen-bond acceptors (Lipinski definition) is 3. The number of aryl methyl sites for hydroxylation is 1. The Labute approximate surface area is 136 Å². The Kier molecular flexibility index (Phi) is 7.35. The van der Waals surface area contributed by atoms with E-state index in [-0.39, 0.29) is 0 Å². The first-order valence-electron chi connectivity index (χ1n) is 7.44. The molecular weight excluding hydrogens is 304 g/mol. The van der Waals surface area contributed by atoms with Gasteiger partial charge < -0.3 is 15.0 Å². The molecule has 0 spiro atoms. The number of carbonyl (C=O) groups excluding carboxylic acids is 2. The molecule has 6 heteroatoms. The van der Waals surface area contributed by atoms with Crippen molar-refractivity contribution >= 4 is 29.1 Å². The molecule has 1 heterocycles. The summed E-state index contributed by atoms with van der Waals surface area (Å²) in [5, 5.41) is 3.16. The number of hydrogen-bond donors (Lipinski definition) is 1. The van der Waals surface area contributed by atoms with Gasteiger partial charge >= 0.3 is 11.8 Å². The summed E-state index contributed by atoms with van der Waals surface area (Å²) in [6, 6.07) is 3.44. The smallest absolute Gasteiger partial charge is 0.313 e. The molecule has 0 bridgehead atoms. The van der Waals surface area contributed by atoms with Crippen molar-refractivity contribution in [2.75, 3.05) is 31.6 Å². The van der Waals surface area contributed by atoms with E-state index >= 15 is 0 Å². The molecule has 0 atom stereocenters. The van der Waals surface area contributed by atoms with E-state index in [0.717, 1.165) is 11.1 Å². The van der Waals surface area contributed by atoms with Crippen molar-refractivity contribution in [2.45, 2.75) is 27.7 Å². The number of nitrogens with one attached hydrogen (secondary N) is 1. The van der Waals surface area contributed by atoms with Crippen LogP contribution >= 0.6 is 11.6 Å². The fourth-order valence-corrected chi connectivity index (χ4v) is 2.25. The average molecular weight is 327 g/mol. The zero-order chi connectivity index (χ0) is 16.7. The highest BCUT2D eigenvalue weighted by Crippen LogP contribution is 2.24. The number of anilines is 1. The van der Waals surface area contributed by atoms with Gasteiger partial charge in [-0.1, -0.05) is 25.4 Å². The summed E-state index contributed by atoms with van der Waals surface area (Å²) in [5.41, 5.74) is 2.46. The van der Waals surface area contributed by atoms with Gasteiger partial charge in [0.1, 0.15) is 0 Å². The molecule has 1 saturated heterocycles. The molecule has 122 valence electrons. The van der Waals surface area contributed by atoms with Crippen molar-refractivity contribution in [3.8, 4) is 0 Å². The summed E-state index contributed by atoms with van der Waals surface area (Å²) < 4.78 is 5.15. The molecule has 2 rings (SSSR count). The van der Waals surface area contributed by atoms with E-state index in [0.29, 0.717) is 37.0 Å². The Hall–Kier alpha value is -1.59. The van der Waals surface area contributed by atoms with Crippen LogP contribution in [-0.4, -0.2) is 43.0 Å². The summed E-state index contributed by atoms with van der Waals surface area (Å²) in [6.45, 7) is 9.63. The molecule has 0 aromatic heterocycles. The third kappa shape index (κ3) is 4.71. The molecule has 1 aromatic carbocycles. The zero-order valence-electron chi connectivity index (χ0n) is 13.5. The van der Waals surface area contributed by atoms with Gasteiger partial charge in [0.25, 0.3) is 0 Å². The molecule has 0 unspecified atom stereocenters. The molecule has 1 aliphatic rings. The van der Waals surface area contributed by atoms with Crippen molar-refractivity contribution in [2.24, 2.45) is 0 Å². The molecule has 0 saturated carbocycles. The average Bonchev–Trinajstić information content (AvgIpc) is 2.54. The van der Waals surface area contributed by atoms with E-state index in [1.807, 2.05) is 27.7 Å². The molecule has 5 nitrogen and oxygen atoms in total. The lowest BCUT2D eigenvalue weighted by atomic mass is 10.1. The van der Waals surface area contributed by atoms with Crippen molar-refractivity contribution < 1.29 is 14.3 Å². The summed E-state index contributed by atoms with van der Waals surface area (Å²) in [4.78, 5) is 25.4. The number of halogens is 1. The molecule has 1 aliphatic heterocycles. The van der Waals surface area contributed by atoms with Gasteiger partial charge in [-0.3, -0.25) is 9.59 Å².